The predicted molar refractivity (Wildman–Crippen MR) is 78.9 cm³/mol. The van der Waals surface area contributed by atoms with Crippen molar-refractivity contribution >= 4 is 33.3 Å². The van der Waals surface area contributed by atoms with Crippen LogP contribution in [0, 0.1) is 0 Å². The zero-order valence-electron chi connectivity index (χ0n) is 10.2. The molecule has 2 aromatic heterocycles. The molecule has 0 atom stereocenters. The third-order valence-corrected chi connectivity index (χ3v) is 3.88. The lowest BCUT2D eigenvalue weighted by Gasteiger charge is -1.97. The quantitative estimate of drug-likeness (QED) is 0.535. The van der Waals surface area contributed by atoms with Crippen molar-refractivity contribution in [3.63, 3.8) is 0 Å². The zero-order valence-corrected chi connectivity index (χ0v) is 11.1. The van der Waals surface area contributed by atoms with Gasteiger partial charge >= 0.3 is 0 Å². The Morgan fingerprint density at radius 1 is 0.900 bits per heavy atom. The van der Waals surface area contributed by atoms with Crippen LogP contribution in [-0.4, -0.2) is 9.97 Å². The van der Waals surface area contributed by atoms with Gasteiger partial charge in [0.25, 0.3) is 5.89 Å². The molecule has 2 aromatic carbocycles. The molecule has 4 rings (SSSR count). The van der Waals surface area contributed by atoms with Crippen LogP contribution in [0.3, 0.4) is 0 Å². The number of aromatic nitrogens is 2. The van der Waals surface area contributed by atoms with Gasteiger partial charge in [0.15, 0.2) is 10.6 Å². The molecule has 0 spiro atoms. The third-order valence-electron chi connectivity index (χ3n) is 3.01. The van der Waals surface area contributed by atoms with Crippen molar-refractivity contribution in [2.45, 2.75) is 0 Å². The molecule has 4 aromatic rings. The van der Waals surface area contributed by atoms with Gasteiger partial charge in [0.2, 0.25) is 4.74 Å². The van der Waals surface area contributed by atoms with Crippen LogP contribution in [0.1, 0.15) is 0 Å². The number of benzene rings is 2. The minimum absolute atomic E-state index is 0.0344. The summed E-state index contributed by atoms with van der Waals surface area (Å²) in [7, 11) is 0. The van der Waals surface area contributed by atoms with E-state index in [4.69, 9.17) is 4.42 Å². The van der Waals surface area contributed by atoms with E-state index >= 15 is 0 Å². The molecule has 0 saturated heterocycles. The first kappa shape index (κ1) is 11.3. The zero-order chi connectivity index (χ0) is 13.5. The minimum atomic E-state index is -0.0344. The number of rotatable bonds is 1. The van der Waals surface area contributed by atoms with Gasteiger partial charge < -0.3 is 4.42 Å². The number of nitrogens with zero attached hydrogens (tertiary/aromatic N) is 2. The lowest BCUT2D eigenvalue weighted by atomic mass is 10.2. The maximum Gasteiger partial charge on any atom is 0.257 e. The summed E-state index contributed by atoms with van der Waals surface area (Å²) in [5.41, 5.74) is 2.11. The molecule has 0 saturated carbocycles. The molecule has 5 heteroatoms. The Hall–Kier alpha value is -2.53. The molecular formula is C15H8N2O2S. The van der Waals surface area contributed by atoms with E-state index in [-0.39, 0.29) is 4.74 Å². The number of hydrogen-bond acceptors (Lipinski definition) is 5. The van der Waals surface area contributed by atoms with Crippen LogP contribution in [0.4, 0.5) is 0 Å². The lowest BCUT2D eigenvalue weighted by Crippen LogP contribution is -1.98. The Morgan fingerprint density at radius 3 is 2.50 bits per heavy atom. The third kappa shape index (κ3) is 1.71. The molecule has 0 bridgehead atoms. The van der Waals surface area contributed by atoms with Crippen molar-refractivity contribution < 1.29 is 4.42 Å². The summed E-state index contributed by atoms with van der Waals surface area (Å²) >= 11 is 1.05. The molecular weight excluding hydrogens is 272 g/mol. The van der Waals surface area contributed by atoms with E-state index in [0.717, 1.165) is 16.9 Å². The van der Waals surface area contributed by atoms with Gasteiger partial charge in [-0.1, -0.05) is 35.6 Å². The second kappa shape index (κ2) is 4.25. The van der Waals surface area contributed by atoms with Crippen molar-refractivity contribution in [1.82, 2.24) is 9.97 Å². The average molecular weight is 280 g/mol. The smallest absolute Gasteiger partial charge is 0.257 e. The second-order valence-electron chi connectivity index (χ2n) is 4.31. The summed E-state index contributed by atoms with van der Waals surface area (Å²) in [5, 5.41) is 1.13. The minimum Gasteiger partial charge on any atom is -0.434 e. The molecule has 96 valence electrons. The summed E-state index contributed by atoms with van der Waals surface area (Å²) in [6.07, 6.45) is 0. The Kier molecular flexibility index (Phi) is 2.40. The fourth-order valence-electron chi connectivity index (χ4n) is 2.07. The van der Waals surface area contributed by atoms with E-state index in [1.165, 1.54) is 0 Å². The summed E-state index contributed by atoms with van der Waals surface area (Å²) in [5.74, 6) is 0.388. The highest BCUT2D eigenvalue weighted by molar-refractivity contribution is 7.12. The molecule has 0 fully saturated rings. The SMILES string of the molecule is O=c1sc(-c2nc3ccccc3o2)nc2ccccc12. The van der Waals surface area contributed by atoms with Gasteiger partial charge in [-0.2, -0.15) is 0 Å². The highest BCUT2D eigenvalue weighted by Gasteiger charge is 2.12. The van der Waals surface area contributed by atoms with Gasteiger partial charge in [0, 0.05) is 0 Å². The fourth-order valence-corrected chi connectivity index (χ4v) is 2.85. The lowest BCUT2D eigenvalue weighted by molar-refractivity contribution is 0.619. The van der Waals surface area contributed by atoms with Crippen molar-refractivity contribution in [1.29, 1.82) is 0 Å². The van der Waals surface area contributed by atoms with Crippen molar-refractivity contribution in [2.75, 3.05) is 0 Å². The maximum absolute atomic E-state index is 12.1. The second-order valence-corrected chi connectivity index (χ2v) is 5.27. The van der Waals surface area contributed by atoms with E-state index in [9.17, 15) is 4.79 Å². The van der Waals surface area contributed by atoms with Gasteiger partial charge in [0.05, 0.1) is 10.9 Å². The van der Waals surface area contributed by atoms with Gasteiger partial charge in [-0.25, -0.2) is 9.97 Å². The number of fused-ring (bicyclic) bond motifs is 2. The van der Waals surface area contributed by atoms with E-state index in [1.807, 2.05) is 42.5 Å². The van der Waals surface area contributed by atoms with Gasteiger partial charge in [-0.15, -0.1) is 0 Å². The Labute approximate surface area is 117 Å². The van der Waals surface area contributed by atoms with Crippen LogP contribution >= 0.6 is 11.3 Å². The Balaban J connectivity index is 1.99. The van der Waals surface area contributed by atoms with Crippen LogP contribution in [0.25, 0.3) is 32.9 Å². The van der Waals surface area contributed by atoms with Gasteiger partial charge in [-0.3, -0.25) is 4.79 Å². The standard InChI is InChI=1S/C15H8N2O2S/c18-15-9-5-1-2-6-10(9)17-14(20-15)13-16-11-7-3-4-8-12(11)19-13/h1-8H. The van der Waals surface area contributed by atoms with E-state index in [0.29, 0.717) is 27.4 Å². The van der Waals surface area contributed by atoms with Crippen LogP contribution in [-0.2, 0) is 0 Å². The van der Waals surface area contributed by atoms with Gasteiger partial charge in [-0.05, 0) is 24.3 Å². The van der Waals surface area contributed by atoms with Crippen molar-refractivity contribution in [2.24, 2.45) is 0 Å². The largest absolute Gasteiger partial charge is 0.434 e. The predicted octanol–water partition coefficient (Wildman–Crippen LogP) is 3.46. The van der Waals surface area contributed by atoms with E-state index in [1.54, 1.807) is 6.07 Å². The molecule has 0 amide bonds. The molecule has 20 heavy (non-hydrogen) atoms. The number of para-hydroxylation sites is 3. The number of oxazole rings is 1. The summed E-state index contributed by atoms with van der Waals surface area (Å²) in [6, 6.07) is 14.8. The summed E-state index contributed by atoms with van der Waals surface area (Å²) in [6.45, 7) is 0. The van der Waals surface area contributed by atoms with Gasteiger partial charge in [0.1, 0.15) is 5.52 Å². The van der Waals surface area contributed by atoms with Crippen molar-refractivity contribution in [3.05, 3.63) is 58.1 Å². The van der Waals surface area contributed by atoms with Crippen LogP contribution < -0.4 is 4.74 Å². The first-order valence-electron chi connectivity index (χ1n) is 6.07. The first-order valence-corrected chi connectivity index (χ1v) is 6.89. The molecule has 0 aliphatic carbocycles. The molecule has 0 aliphatic rings. The monoisotopic (exact) mass is 280 g/mol. The topological polar surface area (TPSA) is 56.0 Å². The molecule has 0 radical (unpaired) electrons. The van der Waals surface area contributed by atoms with E-state index < -0.39 is 0 Å². The summed E-state index contributed by atoms with van der Waals surface area (Å²) < 4.78 is 5.62. The summed E-state index contributed by atoms with van der Waals surface area (Å²) in [4.78, 5) is 20.9. The highest BCUT2D eigenvalue weighted by atomic mass is 32.1. The van der Waals surface area contributed by atoms with Crippen molar-refractivity contribution in [3.8, 4) is 10.9 Å². The Bertz CT molecular complexity index is 955. The fraction of sp³-hybridized carbons (Fsp3) is 0. The first-order chi connectivity index (χ1) is 9.81. The molecule has 0 N–H and O–H groups in total. The van der Waals surface area contributed by atoms with Crippen LogP contribution in [0.15, 0.2) is 57.7 Å². The van der Waals surface area contributed by atoms with Crippen LogP contribution in [0.2, 0.25) is 0 Å². The normalized spacial score (nSPS) is 11.2. The van der Waals surface area contributed by atoms with E-state index in [2.05, 4.69) is 9.97 Å². The molecule has 2 heterocycles. The average Bonchev–Trinajstić information content (AvgIpc) is 2.91. The Morgan fingerprint density at radius 2 is 1.65 bits per heavy atom. The maximum atomic E-state index is 12.1. The number of hydrogen-bond donors (Lipinski definition) is 0. The van der Waals surface area contributed by atoms with Crippen LogP contribution in [0.5, 0.6) is 0 Å². The highest BCUT2D eigenvalue weighted by Crippen LogP contribution is 2.25. The molecule has 4 nitrogen and oxygen atoms in total. The molecule has 0 aliphatic heterocycles. The molecule has 0 unspecified atom stereocenters.